The average Bonchev–Trinajstić information content (AvgIpc) is 3.03. The van der Waals surface area contributed by atoms with Crippen molar-refractivity contribution >= 4 is 17.3 Å². The Morgan fingerprint density at radius 3 is 2.59 bits per heavy atom. The average molecular weight is 314 g/mol. The summed E-state index contributed by atoms with van der Waals surface area (Å²) in [5.41, 5.74) is 3.08. The first-order valence-electron chi connectivity index (χ1n) is 7.16. The molecule has 22 heavy (non-hydrogen) atoms. The summed E-state index contributed by atoms with van der Waals surface area (Å²) in [7, 11) is 0. The predicted octanol–water partition coefficient (Wildman–Crippen LogP) is 4.56. The summed E-state index contributed by atoms with van der Waals surface area (Å²) < 4.78 is 5.27. The van der Waals surface area contributed by atoms with Crippen LogP contribution in [0.4, 0.5) is 5.69 Å². The number of nitrogens with zero attached hydrogens (tertiary/aromatic N) is 2. The Hall–Kier alpha value is -2.33. The van der Waals surface area contributed by atoms with Gasteiger partial charge in [0.1, 0.15) is 0 Å². The Labute approximate surface area is 134 Å². The highest BCUT2D eigenvalue weighted by Gasteiger charge is 2.09. The molecule has 3 rings (SSSR count). The first kappa shape index (κ1) is 14.6. The third-order valence-electron chi connectivity index (χ3n) is 3.39. The number of hydrogen-bond donors (Lipinski definition) is 1. The molecule has 0 aliphatic heterocycles. The first-order chi connectivity index (χ1) is 10.8. The second-order valence-corrected chi connectivity index (χ2v) is 5.30. The van der Waals surface area contributed by atoms with E-state index in [-0.39, 0.29) is 0 Å². The van der Waals surface area contributed by atoms with Gasteiger partial charge in [-0.2, -0.15) is 4.98 Å². The second kappa shape index (κ2) is 6.62. The van der Waals surface area contributed by atoms with Crippen LogP contribution in [-0.2, 0) is 13.0 Å². The third-order valence-corrected chi connectivity index (χ3v) is 3.72. The number of rotatable bonds is 5. The largest absolute Gasteiger partial charge is 0.375 e. The van der Waals surface area contributed by atoms with Crippen LogP contribution in [0.3, 0.4) is 0 Å². The maximum Gasteiger partial charge on any atom is 0.246 e. The summed E-state index contributed by atoms with van der Waals surface area (Å²) in [6, 6.07) is 15.7. The van der Waals surface area contributed by atoms with Crippen molar-refractivity contribution in [2.24, 2.45) is 0 Å². The van der Waals surface area contributed by atoms with Crippen LogP contribution in [-0.4, -0.2) is 10.1 Å². The lowest BCUT2D eigenvalue weighted by Crippen LogP contribution is -2.00. The SMILES string of the molecule is CCc1ccc(-c2noc(CNc3ccccc3Cl)n2)cc1. The van der Waals surface area contributed by atoms with Crippen LogP contribution in [0.15, 0.2) is 53.1 Å². The third kappa shape index (κ3) is 3.28. The number of benzene rings is 2. The van der Waals surface area contributed by atoms with E-state index in [0.717, 1.165) is 17.7 Å². The Morgan fingerprint density at radius 1 is 1.09 bits per heavy atom. The van der Waals surface area contributed by atoms with E-state index in [2.05, 4.69) is 34.5 Å². The summed E-state index contributed by atoms with van der Waals surface area (Å²) in [5, 5.41) is 7.87. The molecule has 0 aliphatic carbocycles. The van der Waals surface area contributed by atoms with E-state index < -0.39 is 0 Å². The zero-order valence-corrected chi connectivity index (χ0v) is 13.0. The molecule has 0 unspecified atom stereocenters. The molecule has 0 saturated carbocycles. The summed E-state index contributed by atoms with van der Waals surface area (Å²) >= 11 is 6.09. The van der Waals surface area contributed by atoms with Crippen molar-refractivity contribution in [1.29, 1.82) is 0 Å². The molecule has 5 heteroatoms. The van der Waals surface area contributed by atoms with Crippen molar-refractivity contribution < 1.29 is 4.52 Å². The molecule has 112 valence electrons. The molecular formula is C17H16ClN3O. The lowest BCUT2D eigenvalue weighted by atomic mass is 10.1. The monoisotopic (exact) mass is 313 g/mol. The highest BCUT2D eigenvalue weighted by atomic mass is 35.5. The first-order valence-corrected chi connectivity index (χ1v) is 7.54. The summed E-state index contributed by atoms with van der Waals surface area (Å²) in [5.74, 6) is 1.12. The van der Waals surface area contributed by atoms with E-state index >= 15 is 0 Å². The Bertz CT molecular complexity index is 753. The Balaban J connectivity index is 1.69. The van der Waals surface area contributed by atoms with Gasteiger partial charge in [0.15, 0.2) is 0 Å². The molecule has 4 nitrogen and oxygen atoms in total. The van der Waals surface area contributed by atoms with Crippen molar-refractivity contribution in [3.8, 4) is 11.4 Å². The number of anilines is 1. The molecule has 0 aliphatic rings. The maximum absolute atomic E-state index is 6.09. The normalized spacial score (nSPS) is 10.6. The smallest absolute Gasteiger partial charge is 0.246 e. The maximum atomic E-state index is 6.09. The van der Waals surface area contributed by atoms with Crippen LogP contribution in [0.2, 0.25) is 5.02 Å². The van der Waals surface area contributed by atoms with Gasteiger partial charge in [0.25, 0.3) is 0 Å². The van der Waals surface area contributed by atoms with Crippen molar-refractivity contribution in [3.63, 3.8) is 0 Å². The topological polar surface area (TPSA) is 51.0 Å². The molecule has 1 N–H and O–H groups in total. The van der Waals surface area contributed by atoms with Gasteiger partial charge in [-0.05, 0) is 24.1 Å². The molecule has 0 saturated heterocycles. The van der Waals surface area contributed by atoms with Crippen molar-refractivity contribution in [3.05, 3.63) is 65.0 Å². The lowest BCUT2D eigenvalue weighted by molar-refractivity contribution is 0.384. The van der Waals surface area contributed by atoms with Gasteiger partial charge in [0, 0.05) is 5.56 Å². The molecule has 0 atom stereocenters. The van der Waals surface area contributed by atoms with Crippen molar-refractivity contribution in [2.45, 2.75) is 19.9 Å². The highest BCUT2D eigenvalue weighted by molar-refractivity contribution is 6.33. The van der Waals surface area contributed by atoms with Crippen LogP contribution in [0.25, 0.3) is 11.4 Å². The number of hydrogen-bond acceptors (Lipinski definition) is 4. The number of aryl methyl sites for hydroxylation is 1. The molecule has 2 aromatic carbocycles. The van der Waals surface area contributed by atoms with Gasteiger partial charge in [0.2, 0.25) is 11.7 Å². The van der Waals surface area contributed by atoms with E-state index in [9.17, 15) is 0 Å². The van der Waals surface area contributed by atoms with E-state index in [1.54, 1.807) is 0 Å². The molecule has 0 radical (unpaired) electrons. The quantitative estimate of drug-likeness (QED) is 0.750. The summed E-state index contributed by atoms with van der Waals surface area (Å²) in [6.07, 6.45) is 1.01. The minimum Gasteiger partial charge on any atom is -0.375 e. The molecule has 0 amide bonds. The molecule has 0 fully saturated rings. The summed E-state index contributed by atoms with van der Waals surface area (Å²) in [6.45, 7) is 2.56. The number of nitrogens with one attached hydrogen (secondary N) is 1. The molecule has 3 aromatic rings. The lowest BCUT2D eigenvalue weighted by Gasteiger charge is -2.04. The van der Waals surface area contributed by atoms with E-state index in [4.69, 9.17) is 16.1 Å². The molecular weight excluding hydrogens is 298 g/mol. The van der Waals surface area contributed by atoms with Crippen LogP contribution in [0.1, 0.15) is 18.4 Å². The number of aromatic nitrogens is 2. The van der Waals surface area contributed by atoms with Gasteiger partial charge in [-0.15, -0.1) is 0 Å². The van der Waals surface area contributed by atoms with Gasteiger partial charge >= 0.3 is 0 Å². The van der Waals surface area contributed by atoms with Crippen molar-refractivity contribution in [2.75, 3.05) is 5.32 Å². The van der Waals surface area contributed by atoms with Gasteiger partial charge < -0.3 is 9.84 Å². The fourth-order valence-corrected chi connectivity index (χ4v) is 2.31. The van der Waals surface area contributed by atoms with E-state index in [1.807, 2.05) is 36.4 Å². The van der Waals surface area contributed by atoms with Gasteiger partial charge in [-0.1, -0.05) is 60.1 Å². The molecule has 1 heterocycles. The molecule has 0 spiro atoms. The Kier molecular flexibility index (Phi) is 4.39. The fraction of sp³-hybridized carbons (Fsp3) is 0.176. The van der Waals surface area contributed by atoms with Crippen LogP contribution in [0, 0.1) is 0 Å². The predicted molar refractivity (Wildman–Crippen MR) is 87.9 cm³/mol. The van der Waals surface area contributed by atoms with Gasteiger partial charge in [-0.25, -0.2) is 0 Å². The van der Waals surface area contributed by atoms with Crippen molar-refractivity contribution in [1.82, 2.24) is 10.1 Å². The van der Waals surface area contributed by atoms with Crippen LogP contribution < -0.4 is 5.32 Å². The van der Waals surface area contributed by atoms with Gasteiger partial charge in [-0.3, -0.25) is 0 Å². The molecule has 0 bridgehead atoms. The number of halogens is 1. The van der Waals surface area contributed by atoms with E-state index in [0.29, 0.717) is 23.3 Å². The van der Waals surface area contributed by atoms with E-state index in [1.165, 1.54) is 5.56 Å². The van der Waals surface area contributed by atoms with Crippen LogP contribution in [0.5, 0.6) is 0 Å². The Morgan fingerprint density at radius 2 is 1.86 bits per heavy atom. The fourth-order valence-electron chi connectivity index (χ4n) is 2.11. The van der Waals surface area contributed by atoms with Gasteiger partial charge in [0.05, 0.1) is 17.3 Å². The minimum atomic E-state index is 0.434. The summed E-state index contributed by atoms with van der Waals surface area (Å²) in [4.78, 5) is 4.40. The number of para-hydroxylation sites is 1. The zero-order chi connectivity index (χ0) is 15.4. The molecule has 1 aromatic heterocycles. The minimum absolute atomic E-state index is 0.434. The van der Waals surface area contributed by atoms with Crippen LogP contribution >= 0.6 is 11.6 Å². The highest BCUT2D eigenvalue weighted by Crippen LogP contribution is 2.21. The standard InChI is InChI=1S/C17H16ClN3O/c1-2-12-7-9-13(10-8-12)17-20-16(22-21-17)11-19-15-6-4-3-5-14(15)18/h3-10,19H,2,11H2,1H3. The second-order valence-electron chi connectivity index (χ2n) is 4.90. The zero-order valence-electron chi connectivity index (χ0n) is 12.2.